The number of aromatic nitrogens is 5. The smallest absolute Gasteiger partial charge is 0.248 e. The first kappa shape index (κ1) is 19.3. The van der Waals surface area contributed by atoms with E-state index in [4.69, 9.17) is 5.73 Å². The lowest BCUT2D eigenvalue weighted by atomic mass is 10.1. The van der Waals surface area contributed by atoms with Gasteiger partial charge < -0.3 is 21.5 Å². The van der Waals surface area contributed by atoms with Crippen molar-refractivity contribution in [3.05, 3.63) is 78.6 Å². The number of nitrogens with one attached hydrogen (secondary N) is 2. The van der Waals surface area contributed by atoms with Crippen LogP contribution in [0.1, 0.15) is 5.56 Å². The molecule has 1 atom stereocenters. The largest absolute Gasteiger partial charge is 0.394 e. The molecule has 9 nitrogen and oxygen atoms in total. The molecule has 2 heterocycles. The Morgan fingerprint density at radius 3 is 2.47 bits per heavy atom. The van der Waals surface area contributed by atoms with Crippen LogP contribution in [-0.4, -0.2) is 42.5 Å². The molecule has 0 unspecified atom stereocenters. The summed E-state index contributed by atoms with van der Waals surface area (Å²) in [5, 5.41) is 20.5. The van der Waals surface area contributed by atoms with E-state index in [0.29, 0.717) is 24.0 Å². The number of nitrogens with zero attached hydrogens (tertiary/aromatic N) is 5. The van der Waals surface area contributed by atoms with Crippen molar-refractivity contribution < 1.29 is 5.11 Å². The van der Waals surface area contributed by atoms with E-state index in [1.165, 1.54) is 11.0 Å². The molecule has 0 fully saturated rings. The van der Waals surface area contributed by atoms with Crippen LogP contribution in [-0.2, 0) is 6.42 Å². The first-order chi connectivity index (χ1) is 14.7. The minimum Gasteiger partial charge on any atom is -0.394 e. The van der Waals surface area contributed by atoms with E-state index in [2.05, 4.69) is 30.7 Å². The van der Waals surface area contributed by atoms with Crippen molar-refractivity contribution >= 4 is 23.4 Å². The van der Waals surface area contributed by atoms with Crippen LogP contribution in [0.4, 0.5) is 23.4 Å². The van der Waals surface area contributed by atoms with Crippen LogP contribution in [0.5, 0.6) is 0 Å². The topological polar surface area (TPSA) is 127 Å². The van der Waals surface area contributed by atoms with Gasteiger partial charge in [-0.05, 0) is 24.1 Å². The van der Waals surface area contributed by atoms with Crippen LogP contribution in [0.2, 0.25) is 0 Å². The lowest BCUT2D eigenvalue weighted by Gasteiger charge is -2.17. The van der Waals surface area contributed by atoms with Gasteiger partial charge >= 0.3 is 0 Å². The third kappa shape index (κ3) is 4.70. The van der Waals surface area contributed by atoms with Crippen LogP contribution in [0.3, 0.4) is 0 Å². The summed E-state index contributed by atoms with van der Waals surface area (Å²) in [6.07, 6.45) is 2.08. The molecule has 0 aliphatic carbocycles. The molecule has 4 aromatic rings. The van der Waals surface area contributed by atoms with Gasteiger partial charge in [0.15, 0.2) is 5.82 Å². The van der Waals surface area contributed by atoms with Gasteiger partial charge in [-0.15, -0.1) is 5.10 Å². The molecule has 0 spiro atoms. The first-order valence-corrected chi connectivity index (χ1v) is 9.49. The highest BCUT2D eigenvalue weighted by atomic mass is 16.3. The molecular formula is C21H22N8O. The van der Waals surface area contributed by atoms with E-state index in [9.17, 15) is 5.11 Å². The second kappa shape index (κ2) is 9.01. The van der Waals surface area contributed by atoms with Crippen LogP contribution < -0.4 is 16.4 Å². The predicted molar refractivity (Wildman–Crippen MR) is 116 cm³/mol. The average molecular weight is 402 g/mol. The van der Waals surface area contributed by atoms with Gasteiger partial charge in [0.1, 0.15) is 12.1 Å². The van der Waals surface area contributed by atoms with Crippen molar-refractivity contribution in [1.82, 2.24) is 24.7 Å². The standard InChI is InChI=1S/C21H22N8O/c22-20-27-21(26-16-9-5-2-6-10-16)28-29(20)19-12-18(23-14-24-19)25-17(13-30)11-15-7-3-1-4-8-15/h1-10,12,14,17,30H,11,13H2,(H,23,24,25)(H3,22,26,27,28)/t17-/m0/s1. The summed E-state index contributed by atoms with van der Waals surface area (Å²) in [5.41, 5.74) is 8.01. The van der Waals surface area contributed by atoms with E-state index < -0.39 is 0 Å². The molecule has 0 amide bonds. The van der Waals surface area contributed by atoms with Gasteiger partial charge in [-0.1, -0.05) is 48.5 Å². The number of nitrogen functional groups attached to an aromatic ring is 1. The summed E-state index contributed by atoms with van der Waals surface area (Å²) in [6.45, 7) is -0.0369. The van der Waals surface area contributed by atoms with Gasteiger partial charge in [0.05, 0.1) is 12.6 Å². The van der Waals surface area contributed by atoms with Gasteiger partial charge in [0, 0.05) is 11.8 Å². The zero-order chi connectivity index (χ0) is 20.8. The zero-order valence-corrected chi connectivity index (χ0v) is 16.2. The summed E-state index contributed by atoms with van der Waals surface area (Å²) in [7, 11) is 0. The van der Waals surface area contributed by atoms with Crippen molar-refractivity contribution in [3.8, 4) is 5.82 Å². The Kier molecular flexibility index (Phi) is 5.81. The Morgan fingerprint density at radius 1 is 1.00 bits per heavy atom. The summed E-state index contributed by atoms with van der Waals surface area (Å²) < 4.78 is 1.43. The van der Waals surface area contributed by atoms with Crippen LogP contribution >= 0.6 is 0 Å². The lowest BCUT2D eigenvalue weighted by Crippen LogP contribution is -2.27. The van der Waals surface area contributed by atoms with E-state index >= 15 is 0 Å². The molecule has 2 aromatic heterocycles. The second-order valence-electron chi connectivity index (χ2n) is 6.67. The zero-order valence-electron chi connectivity index (χ0n) is 16.2. The number of hydrogen-bond acceptors (Lipinski definition) is 8. The van der Waals surface area contributed by atoms with Gasteiger partial charge in [-0.3, -0.25) is 0 Å². The molecule has 5 N–H and O–H groups in total. The summed E-state index contributed by atoms with van der Waals surface area (Å²) in [4.78, 5) is 12.7. The fraction of sp³-hybridized carbons (Fsp3) is 0.143. The molecular weight excluding hydrogens is 380 g/mol. The Labute approximate surface area is 173 Å². The van der Waals surface area contributed by atoms with Gasteiger partial charge in [0.25, 0.3) is 0 Å². The van der Waals surface area contributed by atoms with Crippen molar-refractivity contribution in [3.63, 3.8) is 0 Å². The molecule has 0 saturated carbocycles. The fourth-order valence-electron chi connectivity index (χ4n) is 3.01. The van der Waals surface area contributed by atoms with E-state index in [1.807, 2.05) is 60.7 Å². The van der Waals surface area contributed by atoms with Gasteiger partial charge in [0.2, 0.25) is 11.9 Å². The first-order valence-electron chi connectivity index (χ1n) is 9.49. The van der Waals surface area contributed by atoms with Crippen LogP contribution in [0.25, 0.3) is 5.82 Å². The normalized spacial score (nSPS) is 11.8. The lowest BCUT2D eigenvalue weighted by molar-refractivity contribution is 0.273. The van der Waals surface area contributed by atoms with Gasteiger partial charge in [-0.2, -0.15) is 9.67 Å². The summed E-state index contributed by atoms with van der Waals surface area (Å²) >= 11 is 0. The highest BCUT2D eigenvalue weighted by Gasteiger charge is 2.13. The third-order valence-electron chi connectivity index (χ3n) is 4.43. The Morgan fingerprint density at radius 2 is 1.73 bits per heavy atom. The molecule has 0 aliphatic rings. The molecule has 4 rings (SSSR count). The molecule has 2 aromatic carbocycles. The van der Waals surface area contributed by atoms with E-state index in [-0.39, 0.29) is 18.6 Å². The number of aliphatic hydroxyl groups is 1. The number of nitrogens with two attached hydrogens (primary N) is 1. The maximum absolute atomic E-state index is 9.76. The number of para-hydroxylation sites is 1. The molecule has 0 bridgehead atoms. The average Bonchev–Trinajstić information content (AvgIpc) is 3.15. The summed E-state index contributed by atoms with van der Waals surface area (Å²) in [5.74, 6) is 1.59. The van der Waals surface area contributed by atoms with E-state index in [1.54, 1.807) is 6.07 Å². The monoisotopic (exact) mass is 402 g/mol. The van der Waals surface area contributed by atoms with Crippen molar-refractivity contribution in [2.24, 2.45) is 0 Å². The maximum Gasteiger partial charge on any atom is 0.248 e. The van der Waals surface area contributed by atoms with E-state index in [0.717, 1.165) is 11.3 Å². The molecule has 9 heteroatoms. The highest BCUT2D eigenvalue weighted by Crippen LogP contribution is 2.18. The molecule has 30 heavy (non-hydrogen) atoms. The molecule has 0 saturated heterocycles. The van der Waals surface area contributed by atoms with Crippen LogP contribution in [0.15, 0.2) is 73.1 Å². The SMILES string of the molecule is Nc1nc(Nc2ccccc2)nn1-c1cc(N[C@H](CO)Cc2ccccc2)ncn1. The van der Waals surface area contributed by atoms with Crippen molar-refractivity contribution in [2.75, 3.05) is 23.0 Å². The summed E-state index contributed by atoms with van der Waals surface area (Å²) in [6, 6.07) is 21.0. The predicted octanol–water partition coefficient (Wildman–Crippen LogP) is 2.40. The second-order valence-corrected chi connectivity index (χ2v) is 6.67. The number of aliphatic hydroxyl groups excluding tert-OH is 1. The van der Waals surface area contributed by atoms with Crippen molar-refractivity contribution in [2.45, 2.75) is 12.5 Å². The fourth-order valence-corrected chi connectivity index (χ4v) is 3.01. The number of hydrogen-bond donors (Lipinski definition) is 4. The third-order valence-corrected chi connectivity index (χ3v) is 4.43. The molecule has 0 radical (unpaired) electrons. The highest BCUT2D eigenvalue weighted by molar-refractivity contribution is 5.54. The van der Waals surface area contributed by atoms with Crippen LogP contribution in [0, 0.1) is 0 Å². The Balaban J connectivity index is 1.50. The minimum atomic E-state index is -0.196. The molecule has 152 valence electrons. The number of rotatable bonds is 8. The minimum absolute atomic E-state index is 0.0369. The van der Waals surface area contributed by atoms with Crippen molar-refractivity contribution in [1.29, 1.82) is 0 Å². The Bertz CT molecular complexity index is 1080. The Hall–Kier alpha value is -3.98. The number of benzene rings is 2. The molecule has 0 aliphatic heterocycles. The van der Waals surface area contributed by atoms with Gasteiger partial charge in [-0.25, -0.2) is 9.97 Å². The number of anilines is 4. The quantitative estimate of drug-likeness (QED) is 0.354. The maximum atomic E-state index is 9.76.